The molecule has 2 aromatic carbocycles. The number of hydrogen-bond donors (Lipinski definition) is 2. The van der Waals surface area contributed by atoms with Crippen LogP contribution in [-0.2, 0) is 0 Å². The molecule has 0 fully saturated rings. The highest BCUT2D eigenvalue weighted by atomic mass is 16.3. The van der Waals surface area contributed by atoms with Crippen LogP contribution in [0.5, 0.6) is 5.75 Å². The van der Waals surface area contributed by atoms with Gasteiger partial charge in [-0.05, 0) is 30.3 Å². The highest BCUT2D eigenvalue weighted by molar-refractivity contribution is 5.90. The lowest BCUT2D eigenvalue weighted by Crippen LogP contribution is -2.08. The number of para-hydroxylation sites is 1. The van der Waals surface area contributed by atoms with Crippen LogP contribution >= 0.6 is 0 Å². The van der Waals surface area contributed by atoms with Gasteiger partial charge in [0.05, 0.1) is 16.9 Å². The van der Waals surface area contributed by atoms with E-state index in [1.54, 1.807) is 12.1 Å². The molecule has 106 valence electrons. The molecule has 0 aliphatic carbocycles. The summed E-state index contributed by atoms with van der Waals surface area (Å²) < 4.78 is 0. The Hall–Kier alpha value is -2.75. The standard InChI is InChI=1S/C17H17N3O/c1-20(2)12-8-7-11-9-14(18)17(19-15(11)10-12)13-5-3-4-6-16(13)21/h3-10,21H,18H2,1-2H3. The first-order chi connectivity index (χ1) is 10.1. The van der Waals surface area contributed by atoms with E-state index in [2.05, 4.69) is 4.98 Å². The number of anilines is 2. The number of phenolic OH excluding ortho intramolecular Hbond substituents is 1. The second-order valence-corrected chi connectivity index (χ2v) is 5.21. The van der Waals surface area contributed by atoms with Crippen LogP contribution in [0.1, 0.15) is 0 Å². The fraction of sp³-hybridized carbons (Fsp3) is 0.118. The van der Waals surface area contributed by atoms with Gasteiger partial charge < -0.3 is 15.7 Å². The molecule has 0 saturated heterocycles. The molecule has 0 aliphatic rings. The number of benzene rings is 2. The molecule has 21 heavy (non-hydrogen) atoms. The number of aromatic nitrogens is 1. The van der Waals surface area contributed by atoms with Crippen LogP contribution < -0.4 is 10.6 Å². The maximum absolute atomic E-state index is 10.00. The lowest BCUT2D eigenvalue weighted by molar-refractivity contribution is 0.477. The van der Waals surface area contributed by atoms with Crippen molar-refractivity contribution in [2.24, 2.45) is 0 Å². The zero-order valence-corrected chi connectivity index (χ0v) is 12.0. The number of pyridine rings is 1. The first-order valence-corrected chi connectivity index (χ1v) is 6.72. The van der Waals surface area contributed by atoms with Crippen LogP contribution in [0.2, 0.25) is 0 Å². The van der Waals surface area contributed by atoms with E-state index in [0.717, 1.165) is 16.6 Å². The topological polar surface area (TPSA) is 62.4 Å². The van der Waals surface area contributed by atoms with Crippen molar-refractivity contribution >= 4 is 22.3 Å². The van der Waals surface area contributed by atoms with Gasteiger partial charge in [-0.2, -0.15) is 0 Å². The number of nitrogens with zero attached hydrogens (tertiary/aromatic N) is 2. The number of nitrogens with two attached hydrogens (primary N) is 1. The summed E-state index contributed by atoms with van der Waals surface area (Å²) in [5.41, 5.74) is 9.84. The Morgan fingerprint density at radius 3 is 2.52 bits per heavy atom. The SMILES string of the molecule is CN(C)c1ccc2cc(N)c(-c3ccccc3O)nc2c1. The van der Waals surface area contributed by atoms with Crippen molar-refractivity contribution in [3.8, 4) is 17.0 Å². The monoisotopic (exact) mass is 279 g/mol. The minimum atomic E-state index is 0.180. The zero-order valence-electron chi connectivity index (χ0n) is 12.0. The van der Waals surface area contributed by atoms with Gasteiger partial charge >= 0.3 is 0 Å². The van der Waals surface area contributed by atoms with Crippen molar-refractivity contribution in [1.82, 2.24) is 4.98 Å². The highest BCUT2D eigenvalue weighted by Gasteiger charge is 2.11. The predicted molar refractivity (Wildman–Crippen MR) is 87.6 cm³/mol. The minimum Gasteiger partial charge on any atom is -0.507 e. The smallest absolute Gasteiger partial charge is 0.125 e. The van der Waals surface area contributed by atoms with E-state index in [-0.39, 0.29) is 5.75 Å². The molecule has 0 unspecified atom stereocenters. The molecule has 3 N–H and O–H groups in total. The molecule has 4 nitrogen and oxygen atoms in total. The molecule has 3 rings (SSSR count). The summed E-state index contributed by atoms with van der Waals surface area (Å²) >= 11 is 0. The van der Waals surface area contributed by atoms with E-state index >= 15 is 0 Å². The van der Waals surface area contributed by atoms with Gasteiger partial charge in [0.15, 0.2) is 0 Å². The van der Waals surface area contributed by atoms with Crippen LogP contribution in [0.15, 0.2) is 48.5 Å². The number of nitrogen functional groups attached to an aromatic ring is 1. The van der Waals surface area contributed by atoms with Gasteiger partial charge in [0.1, 0.15) is 5.75 Å². The Kier molecular flexibility index (Phi) is 3.14. The number of aromatic hydroxyl groups is 1. The van der Waals surface area contributed by atoms with E-state index < -0.39 is 0 Å². The van der Waals surface area contributed by atoms with Crippen molar-refractivity contribution < 1.29 is 5.11 Å². The van der Waals surface area contributed by atoms with Crippen LogP contribution in [-0.4, -0.2) is 24.2 Å². The van der Waals surface area contributed by atoms with Gasteiger partial charge in [-0.1, -0.05) is 18.2 Å². The maximum Gasteiger partial charge on any atom is 0.125 e. The third-order valence-corrected chi connectivity index (χ3v) is 3.51. The van der Waals surface area contributed by atoms with Gasteiger partial charge in [-0.3, -0.25) is 0 Å². The molecular weight excluding hydrogens is 262 g/mol. The van der Waals surface area contributed by atoms with E-state index in [0.29, 0.717) is 16.9 Å². The van der Waals surface area contributed by atoms with Crippen LogP contribution in [0.25, 0.3) is 22.2 Å². The van der Waals surface area contributed by atoms with Gasteiger partial charge in [-0.25, -0.2) is 4.98 Å². The quantitative estimate of drug-likeness (QED) is 0.756. The van der Waals surface area contributed by atoms with Crippen molar-refractivity contribution in [3.63, 3.8) is 0 Å². The molecule has 0 amide bonds. The zero-order chi connectivity index (χ0) is 15.0. The molecule has 0 spiro atoms. The molecular formula is C17H17N3O. The first-order valence-electron chi connectivity index (χ1n) is 6.72. The number of rotatable bonds is 2. The van der Waals surface area contributed by atoms with E-state index in [9.17, 15) is 5.11 Å². The molecule has 3 aromatic rings. The van der Waals surface area contributed by atoms with Crippen LogP contribution in [0.3, 0.4) is 0 Å². The summed E-state index contributed by atoms with van der Waals surface area (Å²) in [5, 5.41) is 11.0. The van der Waals surface area contributed by atoms with E-state index in [4.69, 9.17) is 5.73 Å². The van der Waals surface area contributed by atoms with Crippen LogP contribution in [0.4, 0.5) is 11.4 Å². The Labute approximate surface area is 123 Å². The fourth-order valence-corrected chi connectivity index (χ4v) is 2.34. The summed E-state index contributed by atoms with van der Waals surface area (Å²) in [4.78, 5) is 6.66. The number of phenols is 1. The highest BCUT2D eigenvalue weighted by Crippen LogP contribution is 2.33. The molecule has 1 aromatic heterocycles. The second-order valence-electron chi connectivity index (χ2n) is 5.21. The summed E-state index contributed by atoms with van der Waals surface area (Å²) in [5.74, 6) is 0.180. The molecule has 1 heterocycles. The van der Waals surface area contributed by atoms with E-state index in [1.807, 2.05) is 55.4 Å². The van der Waals surface area contributed by atoms with E-state index in [1.165, 1.54) is 0 Å². The van der Waals surface area contributed by atoms with Crippen molar-refractivity contribution in [2.45, 2.75) is 0 Å². The van der Waals surface area contributed by atoms with Crippen LogP contribution in [0, 0.1) is 0 Å². The Bertz CT molecular complexity index is 812. The van der Waals surface area contributed by atoms with Crippen molar-refractivity contribution in [1.29, 1.82) is 0 Å². The van der Waals surface area contributed by atoms with Gasteiger partial charge in [0.25, 0.3) is 0 Å². The third kappa shape index (κ3) is 2.36. The largest absolute Gasteiger partial charge is 0.507 e. The molecule has 0 aliphatic heterocycles. The lowest BCUT2D eigenvalue weighted by atomic mass is 10.1. The Morgan fingerprint density at radius 2 is 1.81 bits per heavy atom. The van der Waals surface area contributed by atoms with Gasteiger partial charge in [0.2, 0.25) is 0 Å². The summed E-state index contributed by atoms with van der Waals surface area (Å²) in [7, 11) is 3.98. The number of hydrogen-bond acceptors (Lipinski definition) is 4. The molecule has 0 atom stereocenters. The first kappa shape index (κ1) is 13.2. The fourth-order valence-electron chi connectivity index (χ4n) is 2.34. The van der Waals surface area contributed by atoms with Crippen molar-refractivity contribution in [3.05, 3.63) is 48.5 Å². The normalized spacial score (nSPS) is 10.8. The number of fused-ring (bicyclic) bond motifs is 1. The Balaban J connectivity index is 2.24. The lowest BCUT2D eigenvalue weighted by Gasteiger charge is -2.14. The molecule has 4 heteroatoms. The average Bonchev–Trinajstić information content (AvgIpc) is 2.47. The summed E-state index contributed by atoms with van der Waals surface area (Å²) in [6, 6.07) is 15.0. The summed E-state index contributed by atoms with van der Waals surface area (Å²) in [6.45, 7) is 0. The predicted octanol–water partition coefficient (Wildman–Crippen LogP) is 3.26. The summed E-state index contributed by atoms with van der Waals surface area (Å²) in [6.07, 6.45) is 0. The maximum atomic E-state index is 10.00. The van der Waals surface area contributed by atoms with Crippen molar-refractivity contribution in [2.75, 3.05) is 24.7 Å². The Morgan fingerprint density at radius 1 is 1.05 bits per heavy atom. The average molecular weight is 279 g/mol. The minimum absolute atomic E-state index is 0.180. The van der Waals surface area contributed by atoms with Gasteiger partial charge in [0, 0.05) is 30.7 Å². The third-order valence-electron chi connectivity index (χ3n) is 3.51. The molecule has 0 bridgehead atoms. The second kappa shape index (κ2) is 4.98. The molecule has 0 saturated carbocycles. The van der Waals surface area contributed by atoms with Gasteiger partial charge in [-0.15, -0.1) is 0 Å². The molecule has 0 radical (unpaired) electrons.